The SMILES string of the molecule is N#Cc1cn(Cc2ncc(Cl)cn2)c(-c2cnc(Cl)c(F)c2)n1. The monoisotopic (exact) mass is 348 g/mol. The van der Waals surface area contributed by atoms with Gasteiger partial charge in [-0.3, -0.25) is 0 Å². The number of hydrogen-bond acceptors (Lipinski definition) is 5. The zero-order valence-electron chi connectivity index (χ0n) is 11.4. The molecule has 3 aromatic rings. The van der Waals surface area contributed by atoms with Crippen LogP contribution in [0.5, 0.6) is 0 Å². The summed E-state index contributed by atoms with van der Waals surface area (Å²) in [5.74, 6) is 0.170. The van der Waals surface area contributed by atoms with Crippen LogP contribution in [-0.4, -0.2) is 24.5 Å². The van der Waals surface area contributed by atoms with Crippen LogP contribution in [0.15, 0.2) is 30.9 Å². The summed E-state index contributed by atoms with van der Waals surface area (Å²) in [4.78, 5) is 16.1. The van der Waals surface area contributed by atoms with E-state index in [9.17, 15) is 4.39 Å². The molecule has 0 atom stereocenters. The van der Waals surface area contributed by atoms with Gasteiger partial charge in [0.15, 0.2) is 16.7 Å². The van der Waals surface area contributed by atoms with Gasteiger partial charge in [0.05, 0.1) is 11.6 Å². The Labute approximate surface area is 140 Å². The van der Waals surface area contributed by atoms with Crippen LogP contribution < -0.4 is 0 Å². The van der Waals surface area contributed by atoms with Gasteiger partial charge in [0.1, 0.15) is 17.7 Å². The van der Waals surface area contributed by atoms with Gasteiger partial charge in [-0.2, -0.15) is 5.26 Å². The van der Waals surface area contributed by atoms with Crippen molar-refractivity contribution >= 4 is 23.2 Å². The highest BCUT2D eigenvalue weighted by Crippen LogP contribution is 2.22. The van der Waals surface area contributed by atoms with E-state index in [-0.39, 0.29) is 17.4 Å². The van der Waals surface area contributed by atoms with Crippen LogP contribution in [0.3, 0.4) is 0 Å². The van der Waals surface area contributed by atoms with Crippen molar-refractivity contribution in [1.29, 1.82) is 5.26 Å². The lowest BCUT2D eigenvalue weighted by atomic mass is 10.2. The molecule has 0 spiro atoms. The Hall–Kier alpha value is -2.56. The normalized spacial score (nSPS) is 10.5. The molecule has 6 nitrogen and oxygen atoms in total. The largest absolute Gasteiger partial charge is 0.322 e. The lowest BCUT2D eigenvalue weighted by Gasteiger charge is -2.07. The van der Waals surface area contributed by atoms with E-state index in [2.05, 4.69) is 19.9 Å². The van der Waals surface area contributed by atoms with Crippen LogP contribution in [0.25, 0.3) is 11.4 Å². The molecule has 0 aliphatic heterocycles. The molecule has 0 unspecified atom stereocenters. The topological polar surface area (TPSA) is 80.3 Å². The summed E-state index contributed by atoms with van der Waals surface area (Å²) in [6, 6.07) is 3.15. The highest BCUT2D eigenvalue weighted by molar-refractivity contribution is 6.30. The van der Waals surface area contributed by atoms with Gasteiger partial charge in [-0.15, -0.1) is 0 Å². The van der Waals surface area contributed by atoms with Crippen LogP contribution in [0.2, 0.25) is 10.2 Å². The molecule has 0 saturated carbocycles. The Balaban J connectivity index is 2.03. The Morgan fingerprint density at radius 2 is 1.91 bits per heavy atom. The van der Waals surface area contributed by atoms with Gasteiger partial charge in [0, 0.05) is 30.4 Å². The number of aromatic nitrogens is 5. The van der Waals surface area contributed by atoms with Crippen molar-refractivity contribution in [2.45, 2.75) is 6.54 Å². The fourth-order valence-corrected chi connectivity index (χ4v) is 2.14. The smallest absolute Gasteiger partial charge is 0.164 e. The first kappa shape index (κ1) is 15.3. The fourth-order valence-electron chi connectivity index (χ4n) is 1.94. The van der Waals surface area contributed by atoms with E-state index < -0.39 is 5.82 Å². The zero-order valence-corrected chi connectivity index (χ0v) is 12.9. The van der Waals surface area contributed by atoms with Crippen LogP contribution in [0.1, 0.15) is 11.5 Å². The van der Waals surface area contributed by atoms with Crippen LogP contribution in [0, 0.1) is 17.1 Å². The second-order valence-corrected chi connectivity index (χ2v) is 5.30. The molecular formula is C14H7Cl2FN6. The van der Waals surface area contributed by atoms with Crippen LogP contribution in [0.4, 0.5) is 4.39 Å². The minimum atomic E-state index is -0.667. The maximum Gasteiger partial charge on any atom is 0.164 e. The summed E-state index contributed by atoms with van der Waals surface area (Å²) in [5, 5.41) is 9.23. The third-order valence-electron chi connectivity index (χ3n) is 2.93. The van der Waals surface area contributed by atoms with E-state index in [1.54, 1.807) is 4.57 Å². The Kier molecular flexibility index (Phi) is 4.19. The first-order valence-corrected chi connectivity index (χ1v) is 7.07. The van der Waals surface area contributed by atoms with Crippen molar-refractivity contribution in [2.75, 3.05) is 0 Å². The number of nitrogens with zero attached hydrogens (tertiary/aromatic N) is 6. The Morgan fingerprint density at radius 1 is 1.17 bits per heavy atom. The molecule has 0 N–H and O–H groups in total. The van der Waals surface area contributed by atoms with E-state index in [1.807, 2.05) is 6.07 Å². The number of halogens is 3. The molecular weight excluding hydrogens is 342 g/mol. The summed E-state index contributed by atoms with van der Waals surface area (Å²) in [6.07, 6.45) is 5.85. The summed E-state index contributed by atoms with van der Waals surface area (Å²) in [6.45, 7) is 0.241. The van der Waals surface area contributed by atoms with Gasteiger partial charge >= 0.3 is 0 Å². The standard InChI is InChI=1S/C14H7Cl2FN6/c15-9-4-19-12(20-5-9)7-23-6-10(2-18)22-14(23)8-1-11(17)13(16)21-3-8/h1,3-6H,7H2. The number of pyridine rings is 1. The Morgan fingerprint density at radius 3 is 2.57 bits per heavy atom. The van der Waals surface area contributed by atoms with E-state index in [0.717, 1.165) is 0 Å². The van der Waals surface area contributed by atoms with Crippen LogP contribution >= 0.6 is 23.2 Å². The van der Waals surface area contributed by atoms with E-state index in [1.165, 1.54) is 30.9 Å². The van der Waals surface area contributed by atoms with Crippen molar-refractivity contribution in [2.24, 2.45) is 0 Å². The molecule has 0 amide bonds. The van der Waals surface area contributed by atoms with E-state index in [0.29, 0.717) is 22.2 Å². The average molecular weight is 349 g/mol. The number of imidazole rings is 1. The predicted molar refractivity (Wildman–Crippen MR) is 81.3 cm³/mol. The van der Waals surface area contributed by atoms with E-state index >= 15 is 0 Å². The highest BCUT2D eigenvalue weighted by atomic mass is 35.5. The van der Waals surface area contributed by atoms with Crippen molar-refractivity contribution in [3.63, 3.8) is 0 Å². The summed E-state index contributed by atoms with van der Waals surface area (Å²) in [7, 11) is 0. The fraction of sp³-hybridized carbons (Fsp3) is 0.0714. The third kappa shape index (κ3) is 3.28. The molecule has 114 valence electrons. The molecule has 3 aromatic heterocycles. The lowest BCUT2D eigenvalue weighted by molar-refractivity contribution is 0.622. The average Bonchev–Trinajstić information content (AvgIpc) is 2.95. The van der Waals surface area contributed by atoms with Gasteiger partial charge in [0.2, 0.25) is 0 Å². The summed E-state index contributed by atoms with van der Waals surface area (Å²) >= 11 is 11.3. The first-order chi connectivity index (χ1) is 11.1. The molecule has 3 rings (SSSR count). The third-order valence-corrected chi connectivity index (χ3v) is 3.40. The minimum absolute atomic E-state index is 0.185. The number of rotatable bonds is 3. The van der Waals surface area contributed by atoms with Gasteiger partial charge in [0.25, 0.3) is 0 Å². The van der Waals surface area contributed by atoms with Gasteiger partial charge in [-0.1, -0.05) is 23.2 Å². The number of hydrogen-bond donors (Lipinski definition) is 0. The second-order valence-electron chi connectivity index (χ2n) is 4.50. The molecule has 9 heteroatoms. The molecule has 0 aliphatic carbocycles. The zero-order chi connectivity index (χ0) is 16.4. The molecule has 0 aliphatic rings. The molecule has 0 bridgehead atoms. The van der Waals surface area contributed by atoms with Crippen molar-refractivity contribution < 1.29 is 4.39 Å². The molecule has 3 heterocycles. The van der Waals surface area contributed by atoms with Crippen LogP contribution in [-0.2, 0) is 6.54 Å². The van der Waals surface area contributed by atoms with Gasteiger partial charge < -0.3 is 4.57 Å². The molecule has 0 saturated heterocycles. The maximum atomic E-state index is 13.6. The summed E-state index contributed by atoms with van der Waals surface area (Å²) < 4.78 is 15.3. The molecule has 0 radical (unpaired) electrons. The number of nitriles is 1. The predicted octanol–water partition coefficient (Wildman–Crippen LogP) is 3.10. The summed E-state index contributed by atoms with van der Waals surface area (Å²) in [5.41, 5.74) is 0.576. The molecule has 0 aromatic carbocycles. The van der Waals surface area contributed by atoms with Gasteiger partial charge in [-0.05, 0) is 6.07 Å². The van der Waals surface area contributed by atoms with Crippen molar-refractivity contribution in [3.8, 4) is 17.5 Å². The highest BCUT2D eigenvalue weighted by Gasteiger charge is 2.14. The quantitative estimate of drug-likeness (QED) is 0.679. The molecule has 0 fully saturated rings. The van der Waals surface area contributed by atoms with Crippen molar-refractivity contribution in [3.05, 3.63) is 58.4 Å². The molecule has 23 heavy (non-hydrogen) atoms. The Bertz CT molecular complexity index is 901. The van der Waals surface area contributed by atoms with E-state index in [4.69, 9.17) is 28.5 Å². The maximum absolute atomic E-state index is 13.6. The van der Waals surface area contributed by atoms with Gasteiger partial charge in [-0.25, -0.2) is 24.3 Å². The minimum Gasteiger partial charge on any atom is -0.322 e. The lowest BCUT2D eigenvalue weighted by Crippen LogP contribution is -2.05. The first-order valence-electron chi connectivity index (χ1n) is 6.32. The second kappa shape index (κ2) is 6.28. The van der Waals surface area contributed by atoms with Crippen molar-refractivity contribution in [1.82, 2.24) is 24.5 Å².